The van der Waals surface area contributed by atoms with E-state index in [4.69, 9.17) is 14.0 Å². The maximum Gasteiger partial charge on any atom is 0.325 e. The van der Waals surface area contributed by atoms with Crippen LogP contribution in [0.2, 0.25) is 0 Å². The van der Waals surface area contributed by atoms with Gasteiger partial charge in [0, 0.05) is 42.9 Å². The van der Waals surface area contributed by atoms with Crippen molar-refractivity contribution < 1.29 is 23.6 Å². The normalized spacial score (nSPS) is 20.7. The monoisotopic (exact) mass is 494 g/mol. The first kappa shape index (κ1) is 24.2. The van der Waals surface area contributed by atoms with Gasteiger partial charge >= 0.3 is 6.03 Å². The quantitative estimate of drug-likeness (QED) is 0.632. The number of benzene rings is 1. The summed E-state index contributed by atoms with van der Waals surface area (Å²) < 4.78 is 16.5. The summed E-state index contributed by atoms with van der Waals surface area (Å²) >= 11 is 0. The number of aryl methyl sites for hydroxylation is 2. The van der Waals surface area contributed by atoms with Crippen LogP contribution in [0.4, 0.5) is 4.79 Å². The first-order valence-electron chi connectivity index (χ1n) is 12.5. The molecule has 9 nitrogen and oxygen atoms in total. The topological polar surface area (TPSA) is 88.4 Å². The Kier molecular flexibility index (Phi) is 5.97. The van der Waals surface area contributed by atoms with Gasteiger partial charge in [-0.25, -0.2) is 4.79 Å². The van der Waals surface area contributed by atoms with Gasteiger partial charge in [-0.05, 0) is 45.2 Å². The number of hydrogen-bond acceptors (Lipinski definition) is 6. The van der Waals surface area contributed by atoms with Crippen LogP contribution in [0.15, 0.2) is 28.4 Å². The molecule has 9 heteroatoms. The fraction of sp³-hybridized carbons (Fsp3) is 0.519. The van der Waals surface area contributed by atoms with Gasteiger partial charge in [0.15, 0.2) is 0 Å². The van der Waals surface area contributed by atoms with Crippen LogP contribution in [0.25, 0.3) is 0 Å². The Balaban J connectivity index is 1.50. The van der Waals surface area contributed by atoms with E-state index >= 15 is 0 Å². The van der Waals surface area contributed by atoms with Crippen LogP contribution in [-0.2, 0) is 6.54 Å². The number of urea groups is 1. The molecule has 36 heavy (non-hydrogen) atoms. The third-order valence-electron chi connectivity index (χ3n) is 8.04. The fourth-order valence-corrected chi connectivity index (χ4v) is 6.29. The second-order valence-electron chi connectivity index (χ2n) is 9.88. The van der Waals surface area contributed by atoms with Gasteiger partial charge in [0.25, 0.3) is 5.91 Å². The van der Waals surface area contributed by atoms with Crippen LogP contribution in [0.5, 0.6) is 11.5 Å². The molecule has 5 rings (SSSR count). The van der Waals surface area contributed by atoms with Crippen molar-refractivity contribution in [3.05, 3.63) is 52.1 Å². The molecule has 0 unspecified atom stereocenters. The summed E-state index contributed by atoms with van der Waals surface area (Å²) in [5.74, 6) is 2.00. The molecule has 1 spiro atoms. The third kappa shape index (κ3) is 3.47. The van der Waals surface area contributed by atoms with E-state index in [1.165, 1.54) is 0 Å². The number of amides is 3. The molecule has 0 bridgehead atoms. The van der Waals surface area contributed by atoms with Gasteiger partial charge in [0.1, 0.15) is 22.8 Å². The van der Waals surface area contributed by atoms with Crippen molar-refractivity contribution in [1.29, 1.82) is 0 Å². The summed E-state index contributed by atoms with van der Waals surface area (Å²) in [6, 6.07) is 3.92. The predicted octanol–water partition coefficient (Wildman–Crippen LogP) is 4.24. The molecular weight excluding hydrogens is 460 g/mol. The van der Waals surface area contributed by atoms with Gasteiger partial charge in [-0.1, -0.05) is 18.2 Å². The fourth-order valence-electron chi connectivity index (χ4n) is 6.29. The number of ether oxygens (including phenoxy) is 2. The molecule has 1 aromatic heterocycles. The largest absolute Gasteiger partial charge is 0.497 e. The van der Waals surface area contributed by atoms with E-state index in [2.05, 4.69) is 18.2 Å². The number of carbonyl (C=O) groups is 2. The number of hydrogen-bond donors (Lipinski definition) is 0. The highest BCUT2D eigenvalue weighted by Crippen LogP contribution is 2.49. The highest BCUT2D eigenvalue weighted by atomic mass is 16.5. The Bertz CT molecular complexity index is 1220. The Morgan fingerprint density at radius 1 is 1.19 bits per heavy atom. The molecule has 3 amide bonds. The molecule has 0 saturated carbocycles. The summed E-state index contributed by atoms with van der Waals surface area (Å²) in [6.07, 6.45) is 3.57. The third-order valence-corrected chi connectivity index (χ3v) is 8.04. The lowest BCUT2D eigenvalue weighted by Gasteiger charge is -2.44. The molecule has 1 aromatic carbocycles. The molecule has 1 atom stereocenters. The van der Waals surface area contributed by atoms with Crippen LogP contribution in [-0.4, -0.2) is 71.2 Å². The van der Waals surface area contributed by atoms with E-state index in [1.54, 1.807) is 28.1 Å². The second-order valence-corrected chi connectivity index (χ2v) is 9.88. The smallest absolute Gasteiger partial charge is 0.325 e. The standard InChI is InChI=1S/C27H34N4O5/c1-7-31-26(33)30-15-19-13-20(34-5)14-21(35-6)23(19)16(2)12-22(30)27(31)8-10-29(11-9-27)25(32)24-17(3)28-36-18(24)4/h12-14,16H,7-11,15H2,1-6H3/t16-/m0/s1. The predicted molar refractivity (Wildman–Crippen MR) is 133 cm³/mol. The van der Waals surface area contributed by atoms with Gasteiger partial charge in [0.05, 0.1) is 32.0 Å². The number of allylic oxidation sites excluding steroid dienone is 1. The lowest BCUT2D eigenvalue weighted by molar-refractivity contribution is 0.0573. The van der Waals surface area contributed by atoms with Crippen LogP contribution in [0.1, 0.15) is 65.5 Å². The molecule has 0 N–H and O–H groups in total. The van der Waals surface area contributed by atoms with Crippen molar-refractivity contribution in [2.45, 2.75) is 58.5 Å². The molecule has 3 aliphatic heterocycles. The summed E-state index contributed by atoms with van der Waals surface area (Å²) in [5, 5.41) is 3.95. The number of methoxy groups -OCH3 is 2. The highest BCUT2D eigenvalue weighted by molar-refractivity contribution is 5.96. The first-order valence-corrected chi connectivity index (χ1v) is 12.5. The molecule has 0 aliphatic carbocycles. The van der Waals surface area contributed by atoms with E-state index in [-0.39, 0.29) is 17.9 Å². The minimum Gasteiger partial charge on any atom is -0.497 e. The number of fused-ring (bicyclic) bond motifs is 3. The van der Waals surface area contributed by atoms with Gasteiger partial charge in [-0.2, -0.15) is 0 Å². The van der Waals surface area contributed by atoms with E-state index in [1.807, 2.05) is 33.8 Å². The summed E-state index contributed by atoms with van der Waals surface area (Å²) in [4.78, 5) is 32.8. The zero-order chi connectivity index (χ0) is 25.8. The van der Waals surface area contributed by atoms with Gasteiger partial charge in [-0.15, -0.1) is 0 Å². The first-order chi connectivity index (χ1) is 17.2. The maximum atomic E-state index is 13.8. The van der Waals surface area contributed by atoms with Crippen molar-refractivity contribution in [3.63, 3.8) is 0 Å². The minimum absolute atomic E-state index is 0.0103. The molecule has 192 valence electrons. The van der Waals surface area contributed by atoms with Crippen LogP contribution in [0.3, 0.4) is 0 Å². The van der Waals surface area contributed by atoms with Crippen LogP contribution in [0, 0.1) is 13.8 Å². The number of rotatable bonds is 4. The van der Waals surface area contributed by atoms with E-state index in [9.17, 15) is 9.59 Å². The number of aromatic nitrogens is 1. The summed E-state index contributed by atoms with van der Waals surface area (Å²) in [7, 11) is 3.30. The van der Waals surface area contributed by atoms with Crippen molar-refractivity contribution in [2.24, 2.45) is 0 Å². The Morgan fingerprint density at radius 2 is 1.92 bits per heavy atom. The molecule has 2 aromatic rings. The average molecular weight is 495 g/mol. The molecule has 4 heterocycles. The van der Waals surface area contributed by atoms with E-state index < -0.39 is 5.54 Å². The molecule has 2 fully saturated rings. The lowest BCUT2D eigenvalue weighted by Crippen LogP contribution is -2.54. The Morgan fingerprint density at radius 3 is 2.50 bits per heavy atom. The molecule has 3 aliphatic rings. The van der Waals surface area contributed by atoms with Crippen LogP contribution < -0.4 is 9.47 Å². The summed E-state index contributed by atoms with van der Waals surface area (Å²) in [6.45, 7) is 9.89. The number of piperidine rings is 1. The van der Waals surface area contributed by atoms with E-state index in [0.717, 1.165) is 22.6 Å². The second kappa shape index (κ2) is 8.87. The van der Waals surface area contributed by atoms with Gasteiger partial charge in [-0.3, -0.25) is 9.69 Å². The number of likely N-dealkylation sites (tertiary alicyclic amines) is 1. The number of carbonyl (C=O) groups excluding carboxylic acids is 2. The average Bonchev–Trinajstić information content (AvgIpc) is 3.24. The number of likely N-dealkylation sites (N-methyl/N-ethyl adjacent to an activating group) is 1. The van der Waals surface area contributed by atoms with Gasteiger partial charge < -0.3 is 23.8 Å². The van der Waals surface area contributed by atoms with Crippen molar-refractivity contribution >= 4 is 11.9 Å². The number of nitrogens with zero attached hydrogens (tertiary/aromatic N) is 4. The lowest BCUT2D eigenvalue weighted by atomic mass is 9.82. The maximum absolute atomic E-state index is 13.8. The van der Waals surface area contributed by atoms with Crippen molar-refractivity contribution in [3.8, 4) is 11.5 Å². The zero-order valence-corrected chi connectivity index (χ0v) is 21.9. The van der Waals surface area contributed by atoms with Gasteiger partial charge in [0.2, 0.25) is 0 Å². The molecule has 2 saturated heterocycles. The van der Waals surface area contributed by atoms with Crippen LogP contribution >= 0.6 is 0 Å². The molecule has 0 radical (unpaired) electrons. The van der Waals surface area contributed by atoms with Crippen molar-refractivity contribution in [2.75, 3.05) is 33.9 Å². The molecular formula is C27H34N4O5. The summed E-state index contributed by atoms with van der Waals surface area (Å²) in [5.41, 5.74) is 3.84. The van der Waals surface area contributed by atoms with E-state index in [0.29, 0.717) is 61.8 Å². The SMILES string of the molecule is CCN1C(=O)N2Cc3cc(OC)cc(OC)c3[C@@H](C)C=C2C12CCN(C(=O)c1c(C)noc1C)CC2. The highest BCUT2D eigenvalue weighted by Gasteiger charge is 2.55. The minimum atomic E-state index is -0.449. The van der Waals surface area contributed by atoms with Crippen molar-refractivity contribution in [1.82, 2.24) is 19.9 Å². The Labute approximate surface area is 211 Å². The Hall–Kier alpha value is -3.49. The zero-order valence-electron chi connectivity index (χ0n) is 21.9.